The van der Waals surface area contributed by atoms with Crippen molar-refractivity contribution in [2.24, 2.45) is 66.9 Å². The Morgan fingerprint density at radius 2 is 0.882 bits per heavy atom. The van der Waals surface area contributed by atoms with E-state index in [0.717, 1.165) is 0 Å². The summed E-state index contributed by atoms with van der Waals surface area (Å²) in [5.41, 5.74) is 39.2. The number of hydrogen-bond acceptors (Lipinski definition) is 16. The second-order valence-electron chi connectivity index (χ2n) is 25.2. The Morgan fingerprint density at radius 3 is 1.32 bits per heavy atom. The zero-order valence-corrected chi connectivity index (χ0v) is 54.0. The van der Waals surface area contributed by atoms with E-state index in [1.165, 1.54) is 41.5 Å². The van der Waals surface area contributed by atoms with E-state index in [1.807, 2.05) is 13.8 Å². The minimum Gasteiger partial charge on any atom is -0.480 e. The van der Waals surface area contributed by atoms with E-state index in [9.17, 15) is 47.1 Å². The lowest BCUT2D eigenvalue weighted by Gasteiger charge is -2.38. The summed E-state index contributed by atoms with van der Waals surface area (Å²) in [5, 5.41) is 17.9. The minimum absolute atomic E-state index is 0.0142. The smallest absolute Gasteiger partial charge is 0.326 e. The molecule has 32 nitrogen and oxygen atoms in total. The van der Waals surface area contributed by atoms with Gasteiger partial charge >= 0.3 is 5.97 Å². The van der Waals surface area contributed by atoms with Gasteiger partial charge in [-0.05, 0) is 127 Å². The topological polar surface area (TPSA) is 500 Å². The lowest BCUT2D eigenvalue weighted by Crippen LogP contribution is -2.60. The zero-order chi connectivity index (χ0) is 67.8. The van der Waals surface area contributed by atoms with Gasteiger partial charge in [0.25, 0.3) is 0 Å². The molecule has 0 bridgehead atoms. The van der Waals surface area contributed by atoms with Crippen molar-refractivity contribution in [1.29, 1.82) is 0 Å². The van der Waals surface area contributed by atoms with Crippen LogP contribution in [0.5, 0.6) is 0 Å². The Morgan fingerprint density at radius 1 is 0.505 bits per heavy atom. The average molecular weight is 1320 g/mol. The van der Waals surface area contributed by atoms with Crippen molar-refractivity contribution in [1.82, 2.24) is 45.3 Å². The molecule has 6 fully saturated rings. The summed E-state index contributed by atoms with van der Waals surface area (Å²) in [7, 11) is -4.07. The first-order chi connectivity index (χ1) is 44.2. The maximum Gasteiger partial charge on any atom is 0.326 e. The Bertz CT molecular complexity index is 3090. The highest BCUT2D eigenvalue weighted by molar-refractivity contribution is 7.91. The molecule has 6 aliphatic heterocycles. The number of carbonyl (C=O) groups is 10. The number of sulfone groups is 1. The van der Waals surface area contributed by atoms with Crippen LogP contribution in [-0.4, -0.2) is 245 Å². The van der Waals surface area contributed by atoms with E-state index < -0.39 is 129 Å². The predicted octanol–water partition coefficient (Wildman–Crippen LogP) is -3.68. The molecule has 0 aliphatic carbocycles. The summed E-state index contributed by atoms with van der Waals surface area (Å²) in [6.45, 7) is 4.70. The molecule has 93 heavy (non-hydrogen) atoms. The van der Waals surface area contributed by atoms with Gasteiger partial charge in [-0.3, -0.25) is 58.1 Å². The van der Waals surface area contributed by atoms with Crippen LogP contribution in [0.3, 0.4) is 0 Å². The van der Waals surface area contributed by atoms with Crippen molar-refractivity contribution < 1.29 is 61.5 Å². The van der Waals surface area contributed by atoms with E-state index in [0.29, 0.717) is 51.5 Å². The summed E-state index contributed by atoms with van der Waals surface area (Å²) in [6, 6.07) is -3.74. The fourth-order valence-corrected chi connectivity index (χ4v) is 15.3. The molecular formula is C60H95N19O13S. The van der Waals surface area contributed by atoms with Gasteiger partial charge in [0.1, 0.15) is 54.4 Å². The first-order valence-corrected chi connectivity index (χ1v) is 34.0. The number of rotatable bonds is 29. The molecule has 1 aromatic carbocycles. The van der Waals surface area contributed by atoms with E-state index in [4.69, 9.17) is 40.1 Å². The number of nitrogens with one attached hydrogen (secondary N) is 3. The molecule has 0 spiro atoms. The molecule has 0 radical (unpaired) electrons. The number of aliphatic carboxylic acids is 1. The molecule has 6 heterocycles. The number of nitrogens with zero attached hydrogens (tertiary/aromatic N) is 9. The quantitative estimate of drug-likeness (QED) is 0.0209. The third-order valence-corrected chi connectivity index (χ3v) is 20.3. The first kappa shape index (κ1) is 72.1. The number of carboxylic acid groups (broad SMARTS) is 1. The number of nitrogens with two attached hydrogens (primary N) is 7. The Kier molecular flexibility index (Phi) is 25.5. The Hall–Kier alpha value is -8.36. The largest absolute Gasteiger partial charge is 0.480 e. The average Bonchev–Trinajstić information content (AvgIpc) is 1.65. The maximum absolute atomic E-state index is 15.6. The molecule has 11 atom stereocenters. The van der Waals surface area contributed by atoms with Crippen LogP contribution in [0.15, 0.2) is 50.2 Å². The van der Waals surface area contributed by atoms with Crippen LogP contribution in [0, 0.1) is 11.8 Å². The highest BCUT2D eigenvalue weighted by Gasteiger charge is 2.53. The lowest BCUT2D eigenvalue weighted by molar-refractivity contribution is -0.155. The number of amides is 9. The molecule has 18 N–H and O–H groups in total. The van der Waals surface area contributed by atoms with Gasteiger partial charge < -0.3 is 90.6 Å². The fraction of sp³-hybridized carbons (Fsp3) is 0.683. The highest BCUT2D eigenvalue weighted by atomic mass is 32.2. The Balaban J connectivity index is 1.10. The van der Waals surface area contributed by atoms with Crippen LogP contribution in [0.1, 0.15) is 123 Å². The summed E-state index contributed by atoms with van der Waals surface area (Å²) >= 11 is 0. The second kappa shape index (κ2) is 33.0. The molecular weight excluding hydrogens is 1230 g/mol. The summed E-state index contributed by atoms with van der Waals surface area (Å²) in [5.74, 6) is -9.05. The number of likely N-dealkylation sites (tertiary alicyclic amines) is 6. The third kappa shape index (κ3) is 18.3. The highest BCUT2D eigenvalue weighted by Crippen LogP contribution is 2.36. The summed E-state index contributed by atoms with van der Waals surface area (Å²) in [4.78, 5) is 164. The van der Waals surface area contributed by atoms with Crippen LogP contribution >= 0.6 is 0 Å². The summed E-state index contributed by atoms with van der Waals surface area (Å²) in [6.07, 6.45) is 3.80. The maximum atomic E-state index is 15.6. The number of hydrogen-bond donors (Lipinski definition) is 11. The SMILES string of the molecule is CC(C)[C@H](N)C(=O)N1CCC[C@H]1C(=O)N1CCC[C@H]1C(=O)N1CCC[C@H]1C(=O)N1CCC(CS(=O)(=O)c2ccccc2)[C@H]1C(=O)N1CCC[C@H]1C(=O)N1CCC[C@H]1C(=O)N[C@@H](CCCN=C(N)N)C(=O)N[C@@H](CCCN=C(N)N)C(=O)N[C@@H](CCCN=C(N)N)C(=O)O. The third-order valence-electron chi connectivity index (χ3n) is 18.4. The van der Waals surface area contributed by atoms with Crippen molar-refractivity contribution in [2.45, 2.75) is 188 Å². The predicted molar refractivity (Wildman–Crippen MR) is 342 cm³/mol. The molecule has 33 heteroatoms. The molecule has 514 valence electrons. The number of carbonyl (C=O) groups excluding carboxylic acids is 9. The number of benzene rings is 1. The van der Waals surface area contributed by atoms with E-state index in [2.05, 4.69) is 30.9 Å². The molecule has 1 aromatic rings. The molecule has 6 aliphatic rings. The van der Waals surface area contributed by atoms with E-state index >= 15 is 14.4 Å². The van der Waals surface area contributed by atoms with Gasteiger partial charge in [-0.1, -0.05) is 32.0 Å². The zero-order valence-electron chi connectivity index (χ0n) is 53.2. The molecule has 1 unspecified atom stereocenters. The minimum atomic E-state index is -4.07. The van der Waals surface area contributed by atoms with Gasteiger partial charge in [0.05, 0.1) is 16.7 Å². The van der Waals surface area contributed by atoms with E-state index in [1.54, 1.807) is 18.2 Å². The van der Waals surface area contributed by atoms with Crippen molar-refractivity contribution in [2.75, 3.05) is 64.7 Å². The molecule has 0 saturated carbocycles. The van der Waals surface area contributed by atoms with Crippen LogP contribution in [0.25, 0.3) is 0 Å². The number of aliphatic imine (C=N–C) groups is 3. The van der Waals surface area contributed by atoms with Crippen LogP contribution in [0.2, 0.25) is 0 Å². The number of guanidine groups is 3. The van der Waals surface area contributed by atoms with Crippen molar-refractivity contribution in [3.63, 3.8) is 0 Å². The van der Waals surface area contributed by atoms with Gasteiger partial charge in [0, 0.05) is 64.8 Å². The van der Waals surface area contributed by atoms with Crippen LogP contribution < -0.4 is 56.1 Å². The monoisotopic (exact) mass is 1320 g/mol. The molecule has 0 aromatic heterocycles. The Labute approximate surface area is 541 Å². The number of carboxylic acids is 1. The molecule has 6 saturated heterocycles. The summed E-state index contributed by atoms with van der Waals surface area (Å²) < 4.78 is 28.4. The van der Waals surface area contributed by atoms with Gasteiger partial charge in [0.15, 0.2) is 27.7 Å². The van der Waals surface area contributed by atoms with Crippen LogP contribution in [-0.2, 0) is 57.8 Å². The second-order valence-corrected chi connectivity index (χ2v) is 27.2. The van der Waals surface area contributed by atoms with E-state index in [-0.39, 0.29) is 157 Å². The lowest BCUT2D eigenvalue weighted by atomic mass is 10.00. The van der Waals surface area contributed by atoms with Crippen molar-refractivity contribution >= 4 is 86.8 Å². The van der Waals surface area contributed by atoms with Gasteiger partial charge in [-0.25, -0.2) is 13.2 Å². The van der Waals surface area contributed by atoms with Crippen molar-refractivity contribution in [3.05, 3.63) is 30.3 Å². The van der Waals surface area contributed by atoms with Gasteiger partial charge in [0.2, 0.25) is 53.2 Å². The van der Waals surface area contributed by atoms with Crippen molar-refractivity contribution in [3.8, 4) is 0 Å². The standard InChI is InChI=1S/C60H95N19O13S/c1-35(2)46(61)55(87)77-31-12-21-43(77)53(85)75-29-10-20-42(75)52(84)76-30-11-23-45(76)54(86)79-33-24-36(34-93(91,92)37-14-4-3-5-15-37)47(79)56(88)78-32-13-22-44(78)51(83)74-28-9-19-41(74)50(82)72-39(17-7-26-69-59(64)65)48(80)71-38(16-6-25-68-58(62)63)49(81)73-40(57(89)90)18-8-27-70-60(66)67/h3-5,14-15,35-36,38-47H,6-13,16-34,61H2,1-2H3,(H,71,80)(H,72,82)(H,73,81)(H,89,90)(H4,62,63,68)(H4,64,65,69)(H4,66,67,70)/t36?,38-,39-,40-,41-,42-,43-,44-,45-,46-,47-/m0/s1. The van der Waals surface area contributed by atoms with Gasteiger partial charge in [-0.15, -0.1) is 0 Å². The first-order valence-electron chi connectivity index (χ1n) is 32.4. The normalized spacial score (nSPS) is 23.4. The van der Waals surface area contributed by atoms with Crippen LogP contribution in [0.4, 0.5) is 0 Å². The molecule has 7 rings (SSSR count). The molecule has 9 amide bonds. The fourth-order valence-electron chi connectivity index (χ4n) is 13.6. The van der Waals surface area contributed by atoms with Gasteiger partial charge in [-0.2, -0.15) is 0 Å².